The molecule has 0 atom stereocenters. The lowest BCUT2D eigenvalue weighted by Crippen LogP contribution is -2.17. The van der Waals surface area contributed by atoms with Gasteiger partial charge in [-0.05, 0) is 30.8 Å². The van der Waals surface area contributed by atoms with Gasteiger partial charge in [-0.15, -0.1) is 11.3 Å². The summed E-state index contributed by atoms with van der Waals surface area (Å²) in [7, 11) is 3.41. The minimum absolute atomic E-state index is 0.0108. The first-order valence-corrected chi connectivity index (χ1v) is 8.23. The third-order valence-electron chi connectivity index (χ3n) is 3.64. The highest BCUT2D eigenvalue weighted by molar-refractivity contribution is 7.18. The summed E-state index contributed by atoms with van der Waals surface area (Å²) >= 11 is 1.67. The zero-order valence-electron chi connectivity index (χ0n) is 13.4. The Bertz CT molecular complexity index is 845. The van der Waals surface area contributed by atoms with E-state index in [9.17, 15) is 10.1 Å². The third kappa shape index (κ3) is 3.52. The molecule has 2 aromatic carbocycles. The van der Waals surface area contributed by atoms with Crippen LogP contribution in [0.25, 0.3) is 10.2 Å². The summed E-state index contributed by atoms with van der Waals surface area (Å²) < 4.78 is 6.20. The molecule has 1 heterocycles. The van der Waals surface area contributed by atoms with Crippen molar-refractivity contribution in [2.24, 2.45) is 0 Å². The summed E-state index contributed by atoms with van der Waals surface area (Å²) in [6.45, 7) is 1.29. The van der Waals surface area contributed by atoms with E-state index in [2.05, 4.69) is 16.0 Å². The van der Waals surface area contributed by atoms with E-state index in [1.54, 1.807) is 23.5 Å². The van der Waals surface area contributed by atoms with Gasteiger partial charge >= 0.3 is 5.69 Å². The number of thiazole rings is 1. The standard InChI is InChI=1S/C17H17N3O3S/c1-19(11-17-18-13-5-3-4-6-16(13)24-17)10-12-7-8-15(23-2)14(9-12)20(21)22/h3-9H,10-11H2,1-2H3. The van der Waals surface area contributed by atoms with Crippen LogP contribution in [0, 0.1) is 10.1 Å². The van der Waals surface area contributed by atoms with Crippen LogP contribution in [-0.4, -0.2) is 29.0 Å². The number of hydrogen-bond donors (Lipinski definition) is 0. The number of ether oxygens (including phenoxy) is 1. The molecule has 0 N–H and O–H groups in total. The zero-order chi connectivity index (χ0) is 17.1. The number of nitrogens with zero attached hydrogens (tertiary/aromatic N) is 3. The van der Waals surface area contributed by atoms with E-state index in [1.165, 1.54) is 11.8 Å². The number of benzene rings is 2. The van der Waals surface area contributed by atoms with E-state index in [4.69, 9.17) is 4.74 Å². The van der Waals surface area contributed by atoms with E-state index in [-0.39, 0.29) is 11.4 Å². The fourth-order valence-corrected chi connectivity index (χ4v) is 3.61. The maximum absolute atomic E-state index is 11.1. The topological polar surface area (TPSA) is 68.5 Å². The van der Waals surface area contributed by atoms with Crippen molar-refractivity contribution in [3.05, 3.63) is 63.1 Å². The second kappa shape index (κ2) is 6.94. The first-order chi connectivity index (χ1) is 11.6. The average molecular weight is 343 g/mol. The largest absolute Gasteiger partial charge is 0.490 e. The van der Waals surface area contributed by atoms with Crippen molar-refractivity contribution < 1.29 is 9.66 Å². The number of fused-ring (bicyclic) bond motifs is 1. The molecule has 0 unspecified atom stereocenters. The summed E-state index contributed by atoms with van der Waals surface area (Å²) in [4.78, 5) is 17.4. The molecule has 0 amide bonds. The molecular weight excluding hydrogens is 326 g/mol. The van der Waals surface area contributed by atoms with Gasteiger partial charge in [0.1, 0.15) is 5.01 Å². The van der Waals surface area contributed by atoms with Crippen molar-refractivity contribution in [1.29, 1.82) is 0 Å². The van der Waals surface area contributed by atoms with Gasteiger partial charge in [-0.25, -0.2) is 4.98 Å². The van der Waals surface area contributed by atoms with Crippen LogP contribution < -0.4 is 4.74 Å². The van der Waals surface area contributed by atoms with Crippen molar-refractivity contribution in [3.8, 4) is 5.75 Å². The van der Waals surface area contributed by atoms with Crippen LogP contribution in [0.4, 0.5) is 5.69 Å². The van der Waals surface area contributed by atoms with E-state index in [0.717, 1.165) is 16.1 Å². The molecule has 0 fully saturated rings. The Morgan fingerprint density at radius 3 is 2.75 bits per heavy atom. The predicted octanol–water partition coefficient (Wildman–Crippen LogP) is 3.85. The minimum Gasteiger partial charge on any atom is -0.490 e. The number of rotatable bonds is 6. The molecule has 0 saturated carbocycles. The van der Waals surface area contributed by atoms with E-state index in [1.807, 2.05) is 31.3 Å². The molecule has 6 nitrogen and oxygen atoms in total. The highest BCUT2D eigenvalue weighted by Gasteiger charge is 2.16. The van der Waals surface area contributed by atoms with Gasteiger partial charge in [0.2, 0.25) is 0 Å². The normalized spacial score (nSPS) is 11.1. The number of nitro benzene ring substituents is 1. The fourth-order valence-electron chi connectivity index (χ4n) is 2.56. The maximum Gasteiger partial charge on any atom is 0.311 e. The highest BCUT2D eigenvalue weighted by Crippen LogP contribution is 2.28. The van der Waals surface area contributed by atoms with Crippen LogP contribution in [0.5, 0.6) is 5.75 Å². The molecule has 3 rings (SSSR count). The molecule has 1 aromatic heterocycles. The first kappa shape index (κ1) is 16.4. The van der Waals surface area contributed by atoms with Crippen molar-refractivity contribution in [1.82, 2.24) is 9.88 Å². The second-order valence-corrected chi connectivity index (χ2v) is 6.63. The Hall–Kier alpha value is -2.51. The van der Waals surface area contributed by atoms with E-state index >= 15 is 0 Å². The van der Waals surface area contributed by atoms with Gasteiger partial charge in [0.05, 0.1) is 28.8 Å². The summed E-state index contributed by atoms with van der Waals surface area (Å²) in [6.07, 6.45) is 0. The van der Waals surface area contributed by atoms with Gasteiger partial charge in [0.15, 0.2) is 5.75 Å². The Labute approximate surface area is 143 Å². The Morgan fingerprint density at radius 1 is 1.25 bits per heavy atom. The molecule has 0 aliphatic heterocycles. The molecule has 0 aliphatic carbocycles. The maximum atomic E-state index is 11.1. The Morgan fingerprint density at radius 2 is 2.04 bits per heavy atom. The van der Waals surface area contributed by atoms with Crippen LogP contribution in [0.2, 0.25) is 0 Å². The summed E-state index contributed by atoms with van der Waals surface area (Å²) in [5, 5.41) is 12.1. The molecule has 0 aliphatic rings. The lowest BCUT2D eigenvalue weighted by atomic mass is 10.2. The van der Waals surface area contributed by atoms with Crippen LogP contribution >= 0.6 is 11.3 Å². The quantitative estimate of drug-likeness (QED) is 0.502. The van der Waals surface area contributed by atoms with Crippen LogP contribution in [-0.2, 0) is 13.1 Å². The number of hydrogen-bond acceptors (Lipinski definition) is 6. The molecule has 0 bridgehead atoms. The van der Waals surface area contributed by atoms with Crippen molar-refractivity contribution in [3.63, 3.8) is 0 Å². The lowest BCUT2D eigenvalue weighted by Gasteiger charge is -2.15. The van der Waals surface area contributed by atoms with E-state index < -0.39 is 4.92 Å². The Balaban J connectivity index is 1.73. The lowest BCUT2D eigenvalue weighted by molar-refractivity contribution is -0.385. The van der Waals surface area contributed by atoms with Crippen LogP contribution in [0.3, 0.4) is 0 Å². The number of para-hydroxylation sites is 1. The number of methoxy groups -OCH3 is 1. The molecule has 0 saturated heterocycles. The predicted molar refractivity (Wildman–Crippen MR) is 94.4 cm³/mol. The van der Waals surface area contributed by atoms with Crippen LogP contribution in [0.15, 0.2) is 42.5 Å². The van der Waals surface area contributed by atoms with Crippen molar-refractivity contribution >= 4 is 27.2 Å². The summed E-state index contributed by atoms with van der Waals surface area (Å²) in [6, 6.07) is 13.1. The van der Waals surface area contributed by atoms with Gasteiger partial charge in [0.25, 0.3) is 0 Å². The molecule has 7 heteroatoms. The molecule has 0 spiro atoms. The van der Waals surface area contributed by atoms with Gasteiger partial charge < -0.3 is 4.74 Å². The molecule has 3 aromatic rings. The number of nitro groups is 1. The minimum atomic E-state index is -0.421. The van der Waals surface area contributed by atoms with E-state index in [0.29, 0.717) is 13.1 Å². The Kier molecular flexibility index (Phi) is 4.73. The third-order valence-corrected chi connectivity index (χ3v) is 4.66. The zero-order valence-corrected chi connectivity index (χ0v) is 14.2. The molecule has 0 radical (unpaired) electrons. The SMILES string of the molecule is COc1ccc(CN(C)Cc2nc3ccccc3s2)cc1[N+](=O)[O-]. The van der Waals surface area contributed by atoms with Crippen molar-refractivity contribution in [2.45, 2.75) is 13.1 Å². The highest BCUT2D eigenvalue weighted by atomic mass is 32.1. The second-order valence-electron chi connectivity index (χ2n) is 5.51. The molecule has 24 heavy (non-hydrogen) atoms. The van der Waals surface area contributed by atoms with Gasteiger partial charge in [-0.1, -0.05) is 18.2 Å². The van der Waals surface area contributed by atoms with Gasteiger partial charge in [0, 0.05) is 12.6 Å². The smallest absolute Gasteiger partial charge is 0.311 e. The van der Waals surface area contributed by atoms with Gasteiger partial charge in [-0.2, -0.15) is 0 Å². The molecule has 124 valence electrons. The van der Waals surface area contributed by atoms with Crippen molar-refractivity contribution in [2.75, 3.05) is 14.2 Å². The summed E-state index contributed by atoms with van der Waals surface area (Å²) in [5.41, 5.74) is 1.86. The average Bonchev–Trinajstić information content (AvgIpc) is 2.96. The monoisotopic (exact) mass is 343 g/mol. The molecular formula is C17H17N3O3S. The van der Waals surface area contributed by atoms with Crippen LogP contribution in [0.1, 0.15) is 10.6 Å². The fraction of sp³-hybridized carbons (Fsp3) is 0.235. The first-order valence-electron chi connectivity index (χ1n) is 7.41. The number of aromatic nitrogens is 1. The summed E-state index contributed by atoms with van der Waals surface area (Å²) in [5.74, 6) is 0.276. The van der Waals surface area contributed by atoms with Gasteiger partial charge in [-0.3, -0.25) is 15.0 Å².